The van der Waals surface area contributed by atoms with Crippen molar-refractivity contribution in [2.75, 3.05) is 13.7 Å². The second kappa shape index (κ2) is 8.30. The zero-order valence-electron chi connectivity index (χ0n) is 15.7. The Morgan fingerprint density at radius 2 is 1.96 bits per heavy atom. The second-order valence-electron chi connectivity index (χ2n) is 6.84. The van der Waals surface area contributed by atoms with Gasteiger partial charge in [-0.2, -0.15) is 4.72 Å². The molecule has 7 nitrogen and oxygen atoms in total. The molecule has 1 aliphatic heterocycles. The highest BCUT2D eigenvalue weighted by Crippen LogP contribution is 2.35. The van der Waals surface area contributed by atoms with E-state index >= 15 is 0 Å². The maximum absolute atomic E-state index is 12.6. The van der Waals surface area contributed by atoms with Crippen LogP contribution in [0, 0.1) is 12.8 Å². The SMILES string of the molecule is COc1cccc([C@H]2C[C@H]([C@@H](NS(=O)(=O)c3ccc(C)cc3)C(=O)O)CO2)c1. The topological polar surface area (TPSA) is 102 Å². The number of carbonyl (C=O) groups is 1. The number of benzene rings is 2. The number of hydrogen-bond donors (Lipinski definition) is 2. The van der Waals surface area contributed by atoms with E-state index in [0.29, 0.717) is 12.2 Å². The van der Waals surface area contributed by atoms with E-state index in [1.165, 1.54) is 12.1 Å². The van der Waals surface area contributed by atoms with Crippen LogP contribution in [-0.2, 0) is 19.6 Å². The van der Waals surface area contributed by atoms with Crippen LogP contribution in [0.2, 0.25) is 0 Å². The fourth-order valence-corrected chi connectivity index (χ4v) is 4.52. The number of methoxy groups -OCH3 is 1. The molecule has 0 radical (unpaired) electrons. The molecule has 0 amide bonds. The average molecular weight is 405 g/mol. The van der Waals surface area contributed by atoms with Gasteiger partial charge in [0.1, 0.15) is 11.8 Å². The molecule has 3 atom stereocenters. The van der Waals surface area contributed by atoms with E-state index in [-0.39, 0.29) is 17.6 Å². The fourth-order valence-electron chi connectivity index (χ4n) is 3.26. The van der Waals surface area contributed by atoms with Crippen molar-refractivity contribution in [1.82, 2.24) is 4.72 Å². The number of ether oxygens (including phenoxy) is 2. The largest absolute Gasteiger partial charge is 0.497 e. The molecule has 0 saturated carbocycles. The third kappa shape index (κ3) is 4.52. The molecule has 150 valence electrons. The van der Waals surface area contributed by atoms with Crippen LogP contribution in [0.1, 0.15) is 23.7 Å². The van der Waals surface area contributed by atoms with Crippen molar-refractivity contribution in [3.63, 3.8) is 0 Å². The summed E-state index contributed by atoms with van der Waals surface area (Å²) in [6, 6.07) is 12.3. The molecule has 1 fully saturated rings. The van der Waals surface area contributed by atoms with Gasteiger partial charge in [0.2, 0.25) is 10.0 Å². The number of hydrogen-bond acceptors (Lipinski definition) is 5. The lowest BCUT2D eigenvalue weighted by atomic mass is 9.94. The molecule has 0 spiro atoms. The summed E-state index contributed by atoms with van der Waals surface area (Å²) in [6.45, 7) is 1.99. The summed E-state index contributed by atoms with van der Waals surface area (Å²) in [7, 11) is -2.39. The molecular weight excluding hydrogens is 382 g/mol. The lowest BCUT2D eigenvalue weighted by Crippen LogP contribution is -2.46. The molecular formula is C20H23NO6S. The monoisotopic (exact) mass is 405 g/mol. The molecule has 2 aromatic carbocycles. The molecule has 1 heterocycles. The first-order chi connectivity index (χ1) is 13.3. The first-order valence-electron chi connectivity index (χ1n) is 8.87. The molecule has 1 aliphatic rings. The van der Waals surface area contributed by atoms with E-state index in [2.05, 4.69) is 4.72 Å². The maximum atomic E-state index is 12.6. The van der Waals surface area contributed by atoms with E-state index < -0.39 is 28.0 Å². The third-order valence-corrected chi connectivity index (χ3v) is 6.30. The van der Waals surface area contributed by atoms with Crippen molar-refractivity contribution in [1.29, 1.82) is 0 Å². The zero-order valence-corrected chi connectivity index (χ0v) is 16.5. The highest BCUT2D eigenvalue weighted by Gasteiger charge is 2.39. The number of aliphatic carboxylic acids is 1. The van der Waals surface area contributed by atoms with E-state index in [0.717, 1.165) is 11.1 Å². The number of carboxylic acid groups (broad SMARTS) is 1. The highest BCUT2D eigenvalue weighted by atomic mass is 32.2. The smallest absolute Gasteiger partial charge is 0.322 e. The summed E-state index contributed by atoms with van der Waals surface area (Å²) in [5.41, 5.74) is 1.78. The van der Waals surface area contributed by atoms with Gasteiger partial charge in [-0.1, -0.05) is 29.8 Å². The summed E-state index contributed by atoms with van der Waals surface area (Å²) in [5.74, 6) is -1.04. The molecule has 3 rings (SSSR count). The Kier molecular flexibility index (Phi) is 6.02. The Labute approximate surface area is 164 Å². The van der Waals surface area contributed by atoms with Crippen LogP contribution in [0.4, 0.5) is 0 Å². The van der Waals surface area contributed by atoms with Gasteiger partial charge in [0.25, 0.3) is 0 Å². The molecule has 8 heteroatoms. The van der Waals surface area contributed by atoms with E-state index in [9.17, 15) is 18.3 Å². The van der Waals surface area contributed by atoms with Crippen LogP contribution in [0.3, 0.4) is 0 Å². The Morgan fingerprint density at radius 1 is 1.25 bits per heavy atom. The number of rotatable bonds is 7. The maximum Gasteiger partial charge on any atom is 0.322 e. The van der Waals surface area contributed by atoms with Crippen LogP contribution >= 0.6 is 0 Å². The molecule has 0 aliphatic carbocycles. The van der Waals surface area contributed by atoms with Crippen LogP contribution in [0.25, 0.3) is 0 Å². The lowest BCUT2D eigenvalue weighted by Gasteiger charge is -2.20. The standard InChI is InChI=1S/C20H23NO6S/c1-13-6-8-17(9-7-13)28(24,25)21-19(20(22)23)15-11-18(27-12-15)14-4-3-5-16(10-14)26-2/h3-10,15,18-19,21H,11-12H2,1-2H3,(H,22,23)/t15-,18+,19+/m0/s1. The minimum atomic E-state index is -3.96. The molecule has 0 aromatic heterocycles. The lowest BCUT2D eigenvalue weighted by molar-refractivity contribution is -0.140. The number of aryl methyl sites for hydroxylation is 1. The van der Waals surface area contributed by atoms with Crippen molar-refractivity contribution < 1.29 is 27.8 Å². The number of sulfonamides is 1. The Morgan fingerprint density at radius 3 is 2.61 bits per heavy atom. The average Bonchev–Trinajstić information content (AvgIpc) is 3.16. The molecule has 2 N–H and O–H groups in total. The van der Waals surface area contributed by atoms with Gasteiger partial charge in [-0.05, 0) is 43.2 Å². The van der Waals surface area contributed by atoms with Gasteiger partial charge in [0, 0.05) is 5.92 Å². The van der Waals surface area contributed by atoms with Crippen molar-refractivity contribution in [2.45, 2.75) is 30.4 Å². The summed E-state index contributed by atoms with van der Waals surface area (Å²) in [5, 5.41) is 9.62. The van der Waals surface area contributed by atoms with Gasteiger partial charge in [-0.25, -0.2) is 8.42 Å². The van der Waals surface area contributed by atoms with Gasteiger partial charge in [0.15, 0.2) is 0 Å². The minimum Gasteiger partial charge on any atom is -0.497 e. The van der Waals surface area contributed by atoms with E-state index in [4.69, 9.17) is 9.47 Å². The normalized spacial score (nSPS) is 20.6. The van der Waals surface area contributed by atoms with Gasteiger partial charge >= 0.3 is 5.97 Å². The van der Waals surface area contributed by atoms with Crippen LogP contribution < -0.4 is 9.46 Å². The van der Waals surface area contributed by atoms with Crippen molar-refractivity contribution >= 4 is 16.0 Å². The van der Waals surface area contributed by atoms with Crippen LogP contribution in [0.5, 0.6) is 5.75 Å². The molecule has 28 heavy (non-hydrogen) atoms. The predicted octanol–water partition coefficient (Wildman–Crippen LogP) is 2.51. The summed E-state index contributed by atoms with van der Waals surface area (Å²) < 4.78 is 38.5. The molecule has 1 saturated heterocycles. The first kappa shape index (κ1) is 20.3. The molecule has 0 bridgehead atoms. The van der Waals surface area contributed by atoms with E-state index in [1.54, 1.807) is 19.2 Å². The third-order valence-electron chi connectivity index (χ3n) is 4.84. The summed E-state index contributed by atoms with van der Waals surface area (Å²) in [4.78, 5) is 11.8. The van der Waals surface area contributed by atoms with Crippen LogP contribution in [0.15, 0.2) is 53.4 Å². The Hall–Kier alpha value is -2.42. The zero-order chi connectivity index (χ0) is 20.3. The first-order valence-corrected chi connectivity index (χ1v) is 10.4. The summed E-state index contributed by atoms with van der Waals surface area (Å²) in [6.07, 6.45) is 0.0754. The molecule has 0 unspecified atom stereocenters. The minimum absolute atomic E-state index is 0.0348. The number of carboxylic acids is 1. The van der Waals surface area contributed by atoms with Gasteiger partial charge in [0.05, 0.1) is 24.7 Å². The number of nitrogens with one attached hydrogen (secondary N) is 1. The Bertz CT molecular complexity index is 941. The van der Waals surface area contributed by atoms with E-state index in [1.807, 2.05) is 31.2 Å². The fraction of sp³-hybridized carbons (Fsp3) is 0.350. The van der Waals surface area contributed by atoms with Crippen molar-refractivity contribution in [3.8, 4) is 5.75 Å². The van der Waals surface area contributed by atoms with Crippen molar-refractivity contribution in [3.05, 3.63) is 59.7 Å². The van der Waals surface area contributed by atoms with Crippen molar-refractivity contribution in [2.24, 2.45) is 5.92 Å². The second-order valence-corrected chi connectivity index (χ2v) is 8.56. The van der Waals surface area contributed by atoms with Gasteiger partial charge < -0.3 is 14.6 Å². The highest BCUT2D eigenvalue weighted by molar-refractivity contribution is 7.89. The predicted molar refractivity (Wildman–Crippen MR) is 103 cm³/mol. The van der Waals surface area contributed by atoms with Gasteiger partial charge in [-0.15, -0.1) is 0 Å². The quantitative estimate of drug-likeness (QED) is 0.734. The van der Waals surface area contributed by atoms with Crippen LogP contribution in [-0.4, -0.2) is 39.3 Å². The Balaban J connectivity index is 1.76. The molecule has 2 aromatic rings. The summed E-state index contributed by atoms with van der Waals surface area (Å²) >= 11 is 0. The van der Waals surface area contributed by atoms with Gasteiger partial charge in [-0.3, -0.25) is 4.79 Å².